The molecule has 4 aromatic rings. The van der Waals surface area contributed by atoms with Gasteiger partial charge in [0.1, 0.15) is 23.1 Å². The quantitative estimate of drug-likeness (QED) is 0.358. The molecule has 0 saturated carbocycles. The standard InChI is InChI=1S/C26H20F2N4O4/c27-19-3-7-21(8-4-19)35-23-11-1-17(13-29-23)15-31-25(33)26(34)32-16-18-2-12-24(30-14-18)36-22-9-5-20(28)6-10-22/h1-14H,15-16H2,(H,31,33)(H,32,34). The molecule has 0 atom stereocenters. The van der Waals surface area contributed by atoms with Crippen LogP contribution >= 0.6 is 0 Å². The Hall–Kier alpha value is -4.86. The van der Waals surface area contributed by atoms with Gasteiger partial charge in [0.2, 0.25) is 11.8 Å². The van der Waals surface area contributed by atoms with Crippen molar-refractivity contribution in [1.82, 2.24) is 20.6 Å². The number of carbonyl (C=O) groups is 2. The summed E-state index contributed by atoms with van der Waals surface area (Å²) in [6.07, 6.45) is 3.00. The van der Waals surface area contributed by atoms with E-state index in [4.69, 9.17) is 9.47 Å². The van der Waals surface area contributed by atoms with Gasteiger partial charge in [-0.3, -0.25) is 9.59 Å². The fraction of sp³-hybridized carbons (Fsp3) is 0.0769. The normalized spacial score (nSPS) is 10.4. The highest BCUT2D eigenvalue weighted by Crippen LogP contribution is 2.20. The number of hydrogen-bond acceptors (Lipinski definition) is 6. The second-order valence-corrected chi connectivity index (χ2v) is 7.49. The fourth-order valence-electron chi connectivity index (χ4n) is 2.92. The van der Waals surface area contributed by atoms with Gasteiger partial charge in [0, 0.05) is 37.6 Å². The molecule has 0 aliphatic carbocycles. The van der Waals surface area contributed by atoms with E-state index >= 15 is 0 Å². The SMILES string of the molecule is O=C(NCc1ccc(Oc2ccc(F)cc2)nc1)C(=O)NCc1ccc(Oc2ccc(F)cc2)nc1. The van der Waals surface area contributed by atoms with Gasteiger partial charge in [-0.1, -0.05) is 12.1 Å². The number of pyridine rings is 2. The molecule has 2 aromatic carbocycles. The summed E-state index contributed by atoms with van der Waals surface area (Å²) in [6.45, 7) is 0.181. The van der Waals surface area contributed by atoms with Crippen LogP contribution in [-0.4, -0.2) is 21.8 Å². The van der Waals surface area contributed by atoms with Gasteiger partial charge < -0.3 is 20.1 Å². The number of halogens is 2. The van der Waals surface area contributed by atoms with E-state index in [2.05, 4.69) is 20.6 Å². The molecule has 0 radical (unpaired) electrons. The zero-order chi connectivity index (χ0) is 25.3. The summed E-state index contributed by atoms with van der Waals surface area (Å²) in [7, 11) is 0. The molecule has 182 valence electrons. The largest absolute Gasteiger partial charge is 0.439 e. The first-order chi connectivity index (χ1) is 17.4. The van der Waals surface area contributed by atoms with Gasteiger partial charge in [-0.15, -0.1) is 0 Å². The van der Waals surface area contributed by atoms with Crippen LogP contribution in [0.3, 0.4) is 0 Å². The van der Waals surface area contributed by atoms with Crippen LogP contribution in [0.5, 0.6) is 23.3 Å². The van der Waals surface area contributed by atoms with E-state index in [1.807, 2.05) is 0 Å². The molecule has 0 bridgehead atoms. The zero-order valence-corrected chi connectivity index (χ0v) is 18.8. The lowest BCUT2D eigenvalue weighted by molar-refractivity contribution is -0.139. The number of amides is 2. The average Bonchev–Trinajstić information content (AvgIpc) is 2.90. The zero-order valence-electron chi connectivity index (χ0n) is 18.8. The number of nitrogens with zero attached hydrogens (tertiary/aromatic N) is 2. The van der Waals surface area contributed by atoms with Crippen molar-refractivity contribution in [2.24, 2.45) is 0 Å². The Morgan fingerprint density at radius 2 is 1.00 bits per heavy atom. The molecule has 0 aliphatic heterocycles. The molecular formula is C26H20F2N4O4. The van der Waals surface area contributed by atoms with Crippen molar-refractivity contribution in [2.45, 2.75) is 13.1 Å². The van der Waals surface area contributed by atoms with Gasteiger partial charge in [0.05, 0.1) is 0 Å². The van der Waals surface area contributed by atoms with E-state index in [-0.39, 0.29) is 24.7 Å². The summed E-state index contributed by atoms with van der Waals surface area (Å²) < 4.78 is 36.9. The van der Waals surface area contributed by atoms with Crippen molar-refractivity contribution < 1.29 is 27.8 Å². The first kappa shape index (κ1) is 24.3. The Morgan fingerprint density at radius 3 is 1.33 bits per heavy atom. The van der Waals surface area contributed by atoms with Gasteiger partial charge in [-0.25, -0.2) is 18.7 Å². The van der Waals surface area contributed by atoms with Crippen LogP contribution < -0.4 is 20.1 Å². The molecule has 4 rings (SSSR count). The minimum atomic E-state index is -0.800. The van der Waals surface area contributed by atoms with Crippen LogP contribution in [0.1, 0.15) is 11.1 Å². The lowest BCUT2D eigenvalue weighted by Crippen LogP contribution is -2.39. The van der Waals surface area contributed by atoms with Crippen molar-refractivity contribution >= 4 is 11.8 Å². The third kappa shape index (κ3) is 7.07. The Labute approximate surface area is 204 Å². The van der Waals surface area contributed by atoms with E-state index in [0.29, 0.717) is 34.4 Å². The van der Waals surface area contributed by atoms with Gasteiger partial charge in [0.25, 0.3) is 0 Å². The molecule has 0 spiro atoms. The van der Waals surface area contributed by atoms with E-state index in [0.717, 1.165) is 0 Å². The summed E-state index contributed by atoms with van der Waals surface area (Å²) in [5.74, 6) is -0.856. The van der Waals surface area contributed by atoms with Crippen molar-refractivity contribution in [3.63, 3.8) is 0 Å². The van der Waals surface area contributed by atoms with E-state index in [9.17, 15) is 18.4 Å². The summed E-state index contributed by atoms with van der Waals surface area (Å²) in [4.78, 5) is 32.4. The second kappa shape index (κ2) is 11.5. The highest BCUT2D eigenvalue weighted by molar-refractivity contribution is 6.35. The molecule has 10 heteroatoms. The van der Waals surface area contributed by atoms with Gasteiger partial charge >= 0.3 is 11.8 Å². The van der Waals surface area contributed by atoms with Crippen LogP contribution in [0.2, 0.25) is 0 Å². The van der Waals surface area contributed by atoms with Crippen molar-refractivity contribution in [2.75, 3.05) is 0 Å². The Balaban J connectivity index is 1.20. The molecule has 36 heavy (non-hydrogen) atoms. The minimum Gasteiger partial charge on any atom is -0.439 e. The average molecular weight is 490 g/mol. The predicted molar refractivity (Wildman–Crippen MR) is 125 cm³/mol. The molecule has 0 aliphatic rings. The highest BCUT2D eigenvalue weighted by atomic mass is 19.1. The van der Waals surface area contributed by atoms with Crippen LogP contribution in [0.4, 0.5) is 8.78 Å². The van der Waals surface area contributed by atoms with E-state index in [1.54, 1.807) is 24.3 Å². The number of aromatic nitrogens is 2. The smallest absolute Gasteiger partial charge is 0.309 e. The molecule has 0 fully saturated rings. The maximum atomic E-state index is 13.0. The van der Waals surface area contributed by atoms with E-state index in [1.165, 1.54) is 60.9 Å². The maximum absolute atomic E-state index is 13.0. The summed E-state index contributed by atoms with van der Waals surface area (Å²) in [5.41, 5.74) is 1.31. The van der Waals surface area contributed by atoms with Crippen molar-refractivity contribution in [3.05, 3.63) is 108 Å². The number of carbonyl (C=O) groups excluding carboxylic acids is 2. The number of benzene rings is 2. The molecule has 2 heterocycles. The van der Waals surface area contributed by atoms with Crippen LogP contribution in [0, 0.1) is 11.6 Å². The first-order valence-corrected chi connectivity index (χ1v) is 10.8. The first-order valence-electron chi connectivity index (χ1n) is 10.8. The molecule has 2 N–H and O–H groups in total. The maximum Gasteiger partial charge on any atom is 0.309 e. The third-order valence-corrected chi connectivity index (χ3v) is 4.78. The van der Waals surface area contributed by atoms with Crippen LogP contribution in [0.25, 0.3) is 0 Å². The third-order valence-electron chi connectivity index (χ3n) is 4.78. The Morgan fingerprint density at radius 1 is 0.611 bits per heavy atom. The predicted octanol–water partition coefficient (Wildman–Crippen LogP) is 4.27. The summed E-state index contributed by atoms with van der Waals surface area (Å²) in [6, 6.07) is 17.6. The lowest BCUT2D eigenvalue weighted by Gasteiger charge is -2.08. The van der Waals surface area contributed by atoms with Gasteiger partial charge in [-0.05, 0) is 59.7 Å². The van der Waals surface area contributed by atoms with Crippen molar-refractivity contribution in [1.29, 1.82) is 0 Å². The van der Waals surface area contributed by atoms with Gasteiger partial charge in [0.15, 0.2) is 0 Å². The molecule has 0 unspecified atom stereocenters. The number of hydrogen-bond donors (Lipinski definition) is 2. The summed E-state index contributed by atoms with van der Waals surface area (Å²) in [5, 5.41) is 5.03. The molecule has 0 saturated heterocycles. The van der Waals surface area contributed by atoms with Crippen LogP contribution in [0.15, 0.2) is 85.2 Å². The topological polar surface area (TPSA) is 102 Å². The molecule has 8 nitrogen and oxygen atoms in total. The van der Waals surface area contributed by atoms with Crippen molar-refractivity contribution in [3.8, 4) is 23.3 Å². The summed E-state index contributed by atoms with van der Waals surface area (Å²) >= 11 is 0. The fourth-order valence-corrected chi connectivity index (χ4v) is 2.92. The minimum absolute atomic E-state index is 0.0903. The van der Waals surface area contributed by atoms with Gasteiger partial charge in [-0.2, -0.15) is 0 Å². The lowest BCUT2D eigenvalue weighted by atomic mass is 10.2. The number of nitrogens with one attached hydrogen (secondary N) is 2. The monoisotopic (exact) mass is 490 g/mol. The Kier molecular flexibility index (Phi) is 7.76. The second-order valence-electron chi connectivity index (χ2n) is 7.49. The van der Waals surface area contributed by atoms with Crippen LogP contribution in [-0.2, 0) is 22.7 Å². The molecular weight excluding hydrogens is 470 g/mol. The molecule has 2 aromatic heterocycles. The number of rotatable bonds is 8. The van der Waals surface area contributed by atoms with E-state index < -0.39 is 11.8 Å². The highest BCUT2D eigenvalue weighted by Gasteiger charge is 2.13. The number of ether oxygens (including phenoxy) is 2. The Bertz CT molecular complexity index is 1210. The molecule has 2 amide bonds.